The monoisotopic (exact) mass is 358 g/mol. The molecule has 7 aromatic rings. The van der Waals surface area contributed by atoms with Gasteiger partial charge in [-0.05, 0) is 23.6 Å². The van der Waals surface area contributed by atoms with E-state index in [1.165, 1.54) is 5.39 Å². The first kappa shape index (κ1) is 14.2. The lowest BCUT2D eigenvalue weighted by molar-refractivity contribution is 0.675. The lowest BCUT2D eigenvalue weighted by Crippen LogP contribution is -1.89. The van der Waals surface area contributed by atoms with Crippen molar-refractivity contribution in [2.45, 2.75) is 0 Å². The minimum Gasteiger partial charge on any atom is -0.453 e. The second-order valence-electron chi connectivity index (χ2n) is 7.25. The number of fused-ring (bicyclic) bond motifs is 12. The molecule has 0 spiro atoms. The van der Waals surface area contributed by atoms with E-state index in [4.69, 9.17) is 9.40 Å². The Morgan fingerprint density at radius 2 is 1.36 bits per heavy atom. The third-order valence-electron chi connectivity index (χ3n) is 5.75. The van der Waals surface area contributed by atoms with Gasteiger partial charge in [-0.25, -0.2) is 4.98 Å². The van der Waals surface area contributed by atoms with E-state index in [1.54, 1.807) is 0 Å². The predicted molar refractivity (Wildman–Crippen MR) is 115 cm³/mol. The zero-order valence-corrected chi connectivity index (χ0v) is 14.9. The normalized spacial score (nSPS) is 12.3. The highest BCUT2D eigenvalue weighted by Crippen LogP contribution is 2.40. The fraction of sp³-hybridized carbons (Fsp3) is 0. The van der Waals surface area contributed by atoms with Crippen LogP contribution in [0.2, 0.25) is 0 Å². The molecule has 0 bridgehead atoms. The summed E-state index contributed by atoms with van der Waals surface area (Å²) in [7, 11) is 0. The molecule has 0 saturated heterocycles. The van der Waals surface area contributed by atoms with E-state index >= 15 is 0 Å². The van der Waals surface area contributed by atoms with Crippen LogP contribution in [0, 0.1) is 0 Å². The van der Waals surface area contributed by atoms with Crippen molar-refractivity contribution >= 4 is 60.3 Å². The van der Waals surface area contributed by atoms with Crippen molar-refractivity contribution in [1.82, 2.24) is 9.38 Å². The molecule has 3 aromatic heterocycles. The average molecular weight is 358 g/mol. The molecule has 28 heavy (non-hydrogen) atoms. The lowest BCUT2D eigenvalue weighted by Gasteiger charge is -2.04. The topological polar surface area (TPSA) is 30.4 Å². The fourth-order valence-corrected chi connectivity index (χ4v) is 4.53. The van der Waals surface area contributed by atoms with Crippen LogP contribution in [0.3, 0.4) is 0 Å². The second kappa shape index (κ2) is 4.90. The first-order valence-electron chi connectivity index (χ1n) is 9.42. The van der Waals surface area contributed by atoms with E-state index in [0.717, 1.165) is 54.9 Å². The van der Waals surface area contributed by atoms with Crippen molar-refractivity contribution in [1.29, 1.82) is 0 Å². The predicted octanol–water partition coefficient (Wildman–Crippen LogP) is 6.69. The molecule has 0 N–H and O–H groups in total. The molecule has 0 fully saturated rings. The van der Waals surface area contributed by atoms with Gasteiger partial charge in [0.1, 0.15) is 16.7 Å². The number of benzene rings is 4. The van der Waals surface area contributed by atoms with E-state index in [2.05, 4.69) is 83.3 Å². The van der Waals surface area contributed by atoms with Gasteiger partial charge in [0.15, 0.2) is 5.58 Å². The first-order valence-corrected chi connectivity index (χ1v) is 9.42. The molecule has 0 atom stereocenters. The zero-order valence-electron chi connectivity index (χ0n) is 14.9. The van der Waals surface area contributed by atoms with Gasteiger partial charge in [0.05, 0.1) is 11.0 Å². The van der Waals surface area contributed by atoms with E-state index in [9.17, 15) is 0 Å². The van der Waals surface area contributed by atoms with Gasteiger partial charge >= 0.3 is 0 Å². The Morgan fingerprint density at radius 3 is 2.29 bits per heavy atom. The van der Waals surface area contributed by atoms with Gasteiger partial charge in [-0.15, -0.1) is 0 Å². The van der Waals surface area contributed by atoms with Crippen molar-refractivity contribution in [2.24, 2.45) is 0 Å². The summed E-state index contributed by atoms with van der Waals surface area (Å²) in [6, 6.07) is 29.4. The number of hydrogen-bond donors (Lipinski definition) is 0. The van der Waals surface area contributed by atoms with Gasteiger partial charge in [-0.3, -0.25) is 4.40 Å². The van der Waals surface area contributed by atoms with Crippen LogP contribution in [-0.2, 0) is 0 Å². The lowest BCUT2D eigenvalue weighted by atomic mass is 10.1. The molecular weight excluding hydrogens is 344 g/mol. The van der Waals surface area contributed by atoms with Crippen LogP contribution in [0.5, 0.6) is 0 Å². The molecule has 3 heteroatoms. The molecule has 0 aliphatic heterocycles. The Kier molecular flexibility index (Phi) is 2.49. The maximum absolute atomic E-state index is 6.56. The third kappa shape index (κ3) is 1.62. The van der Waals surface area contributed by atoms with Crippen molar-refractivity contribution < 1.29 is 4.42 Å². The van der Waals surface area contributed by atoms with Gasteiger partial charge in [0, 0.05) is 21.5 Å². The maximum atomic E-state index is 6.56. The van der Waals surface area contributed by atoms with Gasteiger partial charge < -0.3 is 4.42 Å². The summed E-state index contributed by atoms with van der Waals surface area (Å²) in [5.74, 6) is 0. The Morgan fingerprint density at radius 1 is 0.607 bits per heavy atom. The van der Waals surface area contributed by atoms with E-state index < -0.39 is 0 Å². The highest BCUT2D eigenvalue weighted by molar-refractivity contribution is 6.22. The summed E-state index contributed by atoms with van der Waals surface area (Å²) in [6.07, 6.45) is 0. The number of rotatable bonds is 0. The zero-order chi connectivity index (χ0) is 18.2. The molecule has 3 heterocycles. The second-order valence-corrected chi connectivity index (χ2v) is 7.25. The average Bonchev–Trinajstić information content (AvgIpc) is 3.33. The van der Waals surface area contributed by atoms with Crippen LogP contribution < -0.4 is 0 Å². The molecule has 0 saturated carbocycles. The van der Waals surface area contributed by atoms with Crippen LogP contribution in [0.4, 0.5) is 0 Å². The maximum Gasteiger partial charge on any atom is 0.160 e. The van der Waals surface area contributed by atoms with E-state index in [0.29, 0.717) is 0 Å². The highest BCUT2D eigenvalue weighted by Gasteiger charge is 2.19. The van der Waals surface area contributed by atoms with Gasteiger partial charge in [0.25, 0.3) is 0 Å². The first-order chi connectivity index (χ1) is 13.9. The number of imidazole rings is 1. The van der Waals surface area contributed by atoms with Crippen molar-refractivity contribution in [3.05, 3.63) is 84.9 Å². The molecule has 0 radical (unpaired) electrons. The fourth-order valence-electron chi connectivity index (χ4n) is 4.53. The summed E-state index contributed by atoms with van der Waals surface area (Å²) < 4.78 is 8.81. The van der Waals surface area contributed by atoms with Crippen LogP contribution >= 0.6 is 0 Å². The number of para-hydroxylation sites is 2. The van der Waals surface area contributed by atoms with Crippen LogP contribution in [0.1, 0.15) is 0 Å². The summed E-state index contributed by atoms with van der Waals surface area (Å²) in [6.45, 7) is 0. The Labute approximate surface area is 159 Å². The standard InChI is InChI=1S/C25H14N2O/c1-2-8-16-15(7-1)13-14-19-22-24(28-23(16)19)17-9-3-4-10-18(17)25-26-20-11-5-6-12-21(20)27(22)25/h1-14H. The SMILES string of the molecule is c1ccc2c(c1)ccc1c2oc2c3ccccc3c3nc4ccccc4n3c12. The number of aromatic nitrogens is 2. The number of nitrogens with zero attached hydrogens (tertiary/aromatic N) is 2. The summed E-state index contributed by atoms with van der Waals surface area (Å²) >= 11 is 0. The van der Waals surface area contributed by atoms with Gasteiger partial charge in [-0.1, -0.05) is 66.7 Å². The number of pyridine rings is 1. The quantitative estimate of drug-likeness (QED) is 0.302. The summed E-state index contributed by atoms with van der Waals surface area (Å²) in [5.41, 5.74) is 6.00. The molecule has 7 rings (SSSR count). The minimum absolute atomic E-state index is 0.914. The van der Waals surface area contributed by atoms with Crippen LogP contribution in [0.15, 0.2) is 89.3 Å². The molecule has 0 unspecified atom stereocenters. The summed E-state index contributed by atoms with van der Waals surface area (Å²) in [5, 5.41) is 5.64. The molecule has 3 nitrogen and oxygen atoms in total. The Balaban J connectivity index is 1.90. The number of hydrogen-bond acceptors (Lipinski definition) is 2. The third-order valence-corrected chi connectivity index (χ3v) is 5.75. The minimum atomic E-state index is 0.914. The van der Waals surface area contributed by atoms with Gasteiger partial charge in [0.2, 0.25) is 0 Å². The molecule has 0 aliphatic rings. The van der Waals surface area contributed by atoms with Crippen molar-refractivity contribution in [3.8, 4) is 0 Å². The van der Waals surface area contributed by atoms with Crippen LogP contribution in [-0.4, -0.2) is 9.38 Å². The van der Waals surface area contributed by atoms with Gasteiger partial charge in [-0.2, -0.15) is 0 Å². The molecule has 0 aliphatic carbocycles. The Bertz CT molecular complexity index is 1720. The molecule has 130 valence electrons. The Hall–Kier alpha value is -3.85. The largest absolute Gasteiger partial charge is 0.453 e. The molecule has 0 amide bonds. The van der Waals surface area contributed by atoms with E-state index in [1.807, 2.05) is 6.07 Å². The van der Waals surface area contributed by atoms with Crippen molar-refractivity contribution in [2.75, 3.05) is 0 Å². The van der Waals surface area contributed by atoms with E-state index in [-0.39, 0.29) is 0 Å². The highest BCUT2D eigenvalue weighted by atomic mass is 16.3. The molecular formula is C25H14N2O. The van der Waals surface area contributed by atoms with Crippen LogP contribution in [0.25, 0.3) is 60.3 Å². The number of furan rings is 1. The van der Waals surface area contributed by atoms with Crippen molar-refractivity contribution in [3.63, 3.8) is 0 Å². The smallest absolute Gasteiger partial charge is 0.160 e. The summed E-state index contributed by atoms with van der Waals surface area (Å²) in [4.78, 5) is 4.96. The molecule has 4 aromatic carbocycles.